The van der Waals surface area contributed by atoms with E-state index in [1.165, 1.54) is 0 Å². The fourth-order valence-electron chi connectivity index (χ4n) is 0.850. The Hall–Kier alpha value is -1.98. The molecule has 0 aliphatic rings. The number of rotatable bonds is 8. The zero-order chi connectivity index (χ0) is 15.7. The summed E-state index contributed by atoms with van der Waals surface area (Å²) in [6, 6.07) is 0. The molecule has 20 heavy (non-hydrogen) atoms. The molecule has 0 N–H and O–H groups in total. The van der Waals surface area contributed by atoms with Crippen molar-refractivity contribution < 1.29 is 28.7 Å². The summed E-state index contributed by atoms with van der Waals surface area (Å²) >= 11 is 0. The van der Waals surface area contributed by atoms with E-state index in [4.69, 9.17) is 0 Å². The van der Waals surface area contributed by atoms with E-state index in [1.807, 2.05) is 0 Å². The maximum absolute atomic E-state index is 11.2. The Bertz CT molecular complexity index is 368. The van der Waals surface area contributed by atoms with Crippen LogP contribution in [0, 0.1) is 11.8 Å². The molecule has 0 aromatic carbocycles. The van der Waals surface area contributed by atoms with Crippen LogP contribution in [0.3, 0.4) is 0 Å². The molecule has 0 atom stereocenters. The van der Waals surface area contributed by atoms with Gasteiger partial charge in [0.25, 0.3) is 0 Å². The smallest absolute Gasteiger partial charge is 0.331 e. The molecular weight excluding hydrogens is 264 g/mol. The molecule has 0 fully saturated rings. The van der Waals surface area contributed by atoms with Crippen LogP contribution in [0.15, 0.2) is 12.2 Å². The molecule has 0 aromatic heterocycles. The molecular formula is C14H20O6. The summed E-state index contributed by atoms with van der Waals surface area (Å²) < 4.78 is 9.26. The molecule has 0 unspecified atom stereocenters. The second-order valence-electron chi connectivity index (χ2n) is 4.79. The number of ether oxygens (including phenoxy) is 2. The Labute approximate surface area is 118 Å². The van der Waals surface area contributed by atoms with Crippen molar-refractivity contribution in [3.63, 3.8) is 0 Å². The highest BCUT2D eigenvalue weighted by Crippen LogP contribution is 1.97. The van der Waals surface area contributed by atoms with Crippen LogP contribution in [0.2, 0.25) is 0 Å². The molecule has 0 aliphatic heterocycles. The molecule has 0 aromatic rings. The molecule has 0 aliphatic carbocycles. The van der Waals surface area contributed by atoms with Gasteiger partial charge in [0.05, 0.1) is 0 Å². The standard InChI is InChI=1S/C14H20O6/c1-9(2)11(15)7-19-13(17)5-6-14(18)20-8-12(16)10(3)4/h5-6,9-10H,7-8H2,1-4H3/b6-5+. The van der Waals surface area contributed by atoms with Crippen LogP contribution in [0.1, 0.15) is 27.7 Å². The van der Waals surface area contributed by atoms with Crippen LogP contribution in [-0.2, 0) is 28.7 Å². The van der Waals surface area contributed by atoms with Gasteiger partial charge in [0.15, 0.2) is 24.8 Å². The van der Waals surface area contributed by atoms with Gasteiger partial charge in [-0.2, -0.15) is 0 Å². The number of hydrogen-bond donors (Lipinski definition) is 0. The SMILES string of the molecule is CC(C)C(=O)COC(=O)/C=C/C(=O)OCC(=O)C(C)C. The van der Waals surface area contributed by atoms with Gasteiger partial charge in [0.2, 0.25) is 0 Å². The van der Waals surface area contributed by atoms with E-state index < -0.39 is 11.9 Å². The summed E-state index contributed by atoms with van der Waals surface area (Å²) in [7, 11) is 0. The summed E-state index contributed by atoms with van der Waals surface area (Å²) in [5.74, 6) is -2.50. The van der Waals surface area contributed by atoms with Gasteiger partial charge < -0.3 is 9.47 Å². The highest BCUT2D eigenvalue weighted by Gasteiger charge is 2.11. The van der Waals surface area contributed by atoms with Crippen LogP contribution in [0.4, 0.5) is 0 Å². The Morgan fingerprint density at radius 1 is 0.750 bits per heavy atom. The summed E-state index contributed by atoms with van der Waals surface area (Å²) in [6.45, 7) is 6.10. The Kier molecular flexibility index (Phi) is 8.12. The molecule has 0 radical (unpaired) electrons. The van der Waals surface area contributed by atoms with Gasteiger partial charge in [-0.15, -0.1) is 0 Å². The second-order valence-corrected chi connectivity index (χ2v) is 4.79. The summed E-state index contributed by atoms with van der Waals surface area (Å²) in [4.78, 5) is 44.8. The molecule has 6 nitrogen and oxygen atoms in total. The minimum Gasteiger partial charge on any atom is -0.455 e. The van der Waals surface area contributed by atoms with Crippen molar-refractivity contribution in [1.29, 1.82) is 0 Å². The van der Waals surface area contributed by atoms with Crippen LogP contribution in [0.25, 0.3) is 0 Å². The maximum Gasteiger partial charge on any atom is 0.331 e. The van der Waals surface area contributed by atoms with E-state index in [0.717, 1.165) is 12.2 Å². The first-order valence-corrected chi connectivity index (χ1v) is 6.31. The van der Waals surface area contributed by atoms with Gasteiger partial charge in [-0.1, -0.05) is 27.7 Å². The zero-order valence-electron chi connectivity index (χ0n) is 12.2. The lowest BCUT2D eigenvalue weighted by atomic mass is 10.1. The van der Waals surface area contributed by atoms with Crippen molar-refractivity contribution in [3.8, 4) is 0 Å². The van der Waals surface area contributed by atoms with Crippen LogP contribution < -0.4 is 0 Å². The largest absolute Gasteiger partial charge is 0.455 e. The van der Waals surface area contributed by atoms with Gasteiger partial charge in [-0.25, -0.2) is 9.59 Å². The van der Waals surface area contributed by atoms with E-state index in [2.05, 4.69) is 9.47 Å². The number of ketones is 2. The van der Waals surface area contributed by atoms with E-state index >= 15 is 0 Å². The van der Waals surface area contributed by atoms with Gasteiger partial charge in [0.1, 0.15) is 0 Å². The number of Topliss-reactive ketones (excluding diaryl/α,β-unsaturated/α-hetero) is 2. The number of carbonyl (C=O) groups excluding carboxylic acids is 4. The van der Waals surface area contributed by atoms with E-state index in [-0.39, 0.29) is 36.6 Å². The minimum atomic E-state index is -0.814. The van der Waals surface area contributed by atoms with Crippen molar-refractivity contribution >= 4 is 23.5 Å². The molecule has 6 heteroatoms. The van der Waals surface area contributed by atoms with Crippen LogP contribution in [0.5, 0.6) is 0 Å². The molecule has 0 saturated carbocycles. The lowest BCUT2D eigenvalue weighted by molar-refractivity contribution is -0.145. The summed E-state index contributed by atoms with van der Waals surface area (Å²) in [6.07, 6.45) is 1.71. The fraction of sp³-hybridized carbons (Fsp3) is 0.571. The van der Waals surface area contributed by atoms with Crippen molar-refractivity contribution in [1.82, 2.24) is 0 Å². The van der Waals surface area contributed by atoms with Gasteiger partial charge in [-0.3, -0.25) is 9.59 Å². The van der Waals surface area contributed by atoms with Gasteiger partial charge >= 0.3 is 11.9 Å². The third kappa shape index (κ3) is 8.18. The number of carbonyl (C=O) groups is 4. The third-order valence-corrected chi connectivity index (χ3v) is 2.36. The summed E-state index contributed by atoms with van der Waals surface area (Å²) in [5, 5.41) is 0. The average molecular weight is 284 g/mol. The van der Waals surface area contributed by atoms with Crippen LogP contribution >= 0.6 is 0 Å². The third-order valence-electron chi connectivity index (χ3n) is 2.36. The summed E-state index contributed by atoms with van der Waals surface area (Å²) in [5.41, 5.74) is 0. The average Bonchev–Trinajstić information content (AvgIpc) is 2.39. The topological polar surface area (TPSA) is 86.7 Å². The lowest BCUT2D eigenvalue weighted by Gasteiger charge is -2.04. The normalized spacial score (nSPS) is 10.9. The van der Waals surface area contributed by atoms with Crippen molar-refractivity contribution in [2.24, 2.45) is 11.8 Å². The molecule has 0 bridgehead atoms. The molecule has 0 saturated heterocycles. The van der Waals surface area contributed by atoms with E-state index in [1.54, 1.807) is 27.7 Å². The Balaban J connectivity index is 4.04. The maximum atomic E-state index is 11.2. The molecule has 0 spiro atoms. The first-order chi connectivity index (χ1) is 9.23. The van der Waals surface area contributed by atoms with Crippen molar-refractivity contribution in [2.75, 3.05) is 13.2 Å². The van der Waals surface area contributed by atoms with Crippen molar-refractivity contribution in [3.05, 3.63) is 12.2 Å². The van der Waals surface area contributed by atoms with Gasteiger partial charge in [0, 0.05) is 24.0 Å². The first-order valence-electron chi connectivity index (χ1n) is 6.31. The lowest BCUT2D eigenvalue weighted by Crippen LogP contribution is -2.18. The highest BCUT2D eigenvalue weighted by molar-refractivity contribution is 5.94. The molecule has 0 amide bonds. The fourth-order valence-corrected chi connectivity index (χ4v) is 0.850. The highest BCUT2D eigenvalue weighted by atomic mass is 16.5. The number of hydrogen-bond acceptors (Lipinski definition) is 6. The Morgan fingerprint density at radius 3 is 1.30 bits per heavy atom. The Morgan fingerprint density at radius 2 is 1.05 bits per heavy atom. The monoisotopic (exact) mass is 284 g/mol. The zero-order valence-corrected chi connectivity index (χ0v) is 12.2. The number of esters is 2. The quantitative estimate of drug-likeness (QED) is 0.489. The molecule has 0 heterocycles. The molecule has 0 rings (SSSR count). The predicted octanol–water partition coefficient (Wildman–Crippen LogP) is 1.08. The second kappa shape index (κ2) is 9.01. The van der Waals surface area contributed by atoms with Gasteiger partial charge in [-0.05, 0) is 0 Å². The minimum absolute atomic E-state index is 0.211. The van der Waals surface area contributed by atoms with E-state index in [9.17, 15) is 19.2 Å². The van der Waals surface area contributed by atoms with Crippen molar-refractivity contribution in [2.45, 2.75) is 27.7 Å². The van der Waals surface area contributed by atoms with Crippen LogP contribution in [-0.4, -0.2) is 36.7 Å². The van der Waals surface area contributed by atoms with E-state index in [0.29, 0.717) is 0 Å². The molecule has 112 valence electrons. The predicted molar refractivity (Wildman–Crippen MR) is 70.7 cm³/mol. The first kappa shape index (κ1) is 18.0.